The molecule has 1 rings (SSSR count). The number of rotatable bonds is 5. The first kappa shape index (κ1) is 15.5. The van der Waals surface area contributed by atoms with Crippen LogP contribution in [0.4, 0.5) is 0 Å². The molecule has 0 saturated carbocycles. The molecule has 0 heterocycles. The van der Waals surface area contributed by atoms with E-state index in [4.69, 9.17) is 16.7 Å². The number of carbonyl (C=O) groups is 2. The Labute approximate surface area is 117 Å². The topological polar surface area (TPSA) is 66.4 Å². The van der Waals surface area contributed by atoms with Gasteiger partial charge in [-0.15, -0.1) is 0 Å². The predicted molar refractivity (Wildman–Crippen MR) is 74.3 cm³/mol. The van der Waals surface area contributed by atoms with E-state index in [-0.39, 0.29) is 12.3 Å². The van der Waals surface area contributed by atoms with Gasteiger partial charge in [-0.1, -0.05) is 23.7 Å². The zero-order valence-electron chi connectivity index (χ0n) is 11.2. The molecule has 5 heteroatoms. The van der Waals surface area contributed by atoms with E-state index >= 15 is 0 Å². The summed E-state index contributed by atoms with van der Waals surface area (Å²) in [7, 11) is 0. The van der Waals surface area contributed by atoms with Crippen molar-refractivity contribution in [3.63, 3.8) is 0 Å². The lowest BCUT2D eigenvalue weighted by molar-refractivity contribution is -0.137. The van der Waals surface area contributed by atoms with Crippen molar-refractivity contribution >= 4 is 23.5 Å². The molecule has 2 N–H and O–H groups in total. The van der Waals surface area contributed by atoms with Crippen molar-refractivity contribution in [2.75, 3.05) is 0 Å². The molecule has 0 aliphatic rings. The molecule has 0 bridgehead atoms. The van der Waals surface area contributed by atoms with E-state index in [9.17, 15) is 9.59 Å². The van der Waals surface area contributed by atoms with Crippen LogP contribution in [-0.2, 0) is 15.0 Å². The number of carboxylic acid groups (broad SMARTS) is 1. The first-order chi connectivity index (χ1) is 8.73. The predicted octanol–water partition coefficient (Wildman–Crippen LogP) is 2.60. The number of hydrogen-bond donors (Lipinski definition) is 2. The Morgan fingerprint density at radius 2 is 2.05 bits per heavy atom. The molecule has 0 radical (unpaired) electrons. The summed E-state index contributed by atoms with van der Waals surface area (Å²) in [5, 5.41) is 12.0. The maximum atomic E-state index is 12.2. The first-order valence-corrected chi connectivity index (χ1v) is 6.40. The van der Waals surface area contributed by atoms with Gasteiger partial charge in [0.2, 0.25) is 5.91 Å². The van der Waals surface area contributed by atoms with E-state index in [1.54, 1.807) is 39.0 Å². The van der Waals surface area contributed by atoms with Gasteiger partial charge in [0.1, 0.15) is 0 Å². The monoisotopic (exact) mass is 283 g/mol. The maximum Gasteiger partial charge on any atom is 0.305 e. The van der Waals surface area contributed by atoms with Crippen LogP contribution in [0.5, 0.6) is 0 Å². The van der Waals surface area contributed by atoms with Crippen LogP contribution in [0.25, 0.3) is 0 Å². The second-order valence-electron chi connectivity index (χ2n) is 5.11. The van der Waals surface area contributed by atoms with Crippen LogP contribution >= 0.6 is 11.6 Å². The standard InChI is InChI=1S/C14H18ClNO3/c1-9(7-12(17)18)16-13(19)14(2,3)10-5-4-6-11(15)8-10/h4-6,8-9H,7H2,1-3H3,(H,16,19)(H,17,18)/t9-/m1/s1. The number of hydrogen-bond acceptors (Lipinski definition) is 2. The van der Waals surface area contributed by atoms with E-state index in [0.29, 0.717) is 5.02 Å². The highest BCUT2D eigenvalue weighted by atomic mass is 35.5. The molecule has 1 aromatic carbocycles. The lowest BCUT2D eigenvalue weighted by Gasteiger charge is -2.26. The van der Waals surface area contributed by atoms with Gasteiger partial charge in [0.15, 0.2) is 0 Å². The third kappa shape index (κ3) is 4.24. The van der Waals surface area contributed by atoms with Gasteiger partial charge in [0.25, 0.3) is 0 Å². The Bertz CT molecular complexity index is 485. The lowest BCUT2D eigenvalue weighted by atomic mass is 9.83. The average Bonchev–Trinajstić information content (AvgIpc) is 2.27. The largest absolute Gasteiger partial charge is 0.481 e. The molecule has 1 atom stereocenters. The molecule has 104 valence electrons. The molecule has 1 aromatic rings. The molecular formula is C14H18ClNO3. The van der Waals surface area contributed by atoms with Crippen LogP contribution < -0.4 is 5.32 Å². The van der Waals surface area contributed by atoms with Crippen molar-refractivity contribution in [3.8, 4) is 0 Å². The Hall–Kier alpha value is -1.55. The zero-order valence-corrected chi connectivity index (χ0v) is 12.0. The van der Waals surface area contributed by atoms with Crippen LogP contribution in [0.2, 0.25) is 5.02 Å². The van der Waals surface area contributed by atoms with Crippen molar-refractivity contribution in [1.29, 1.82) is 0 Å². The summed E-state index contributed by atoms with van der Waals surface area (Å²) in [6.07, 6.45) is -0.0998. The Balaban J connectivity index is 2.82. The quantitative estimate of drug-likeness (QED) is 0.873. The SMILES string of the molecule is C[C@H](CC(=O)O)NC(=O)C(C)(C)c1cccc(Cl)c1. The van der Waals surface area contributed by atoms with Gasteiger partial charge in [0.05, 0.1) is 11.8 Å². The molecule has 19 heavy (non-hydrogen) atoms. The Morgan fingerprint density at radius 3 is 2.58 bits per heavy atom. The second-order valence-corrected chi connectivity index (χ2v) is 5.54. The van der Waals surface area contributed by atoms with Gasteiger partial charge in [-0.3, -0.25) is 9.59 Å². The molecule has 0 saturated heterocycles. The highest BCUT2D eigenvalue weighted by Crippen LogP contribution is 2.26. The molecular weight excluding hydrogens is 266 g/mol. The lowest BCUT2D eigenvalue weighted by Crippen LogP contribution is -2.44. The van der Waals surface area contributed by atoms with Crippen molar-refractivity contribution in [2.24, 2.45) is 0 Å². The fraction of sp³-hybridized carbons (Fsp3) is 0.429. The third-order valence-corrected chi connectivity index (χ3v) is 3.21. The average molecular weight is 284 g/mol. The molecule has 0 aliphatic heterocycles. The maximum absolute atomic E-state index is 12.2. The smallest absolute Gasteiger partial charge is 0.305 e. The second kappa shape index (κ2) is 6.06. The Kier molecular flexibility index (Phi) is 4.95. The minimum atomic E-state index is -0.937. The molecule has 0 unspecified atom stereocenters. The third-order valence-electron chi connectivity index (χ3n) is 2.97. The molecule has 0 spiro atoms. The number of carbonyl (C=O) groups excluding carboxylic acids is 1. The molecule has 1 amide bonds. The summed E-state index contributed by atoms with van der Waals surface area (Å²) in [4.78, 5) is 22.8. The minimum absolute atomic E-state index is 0.0998. The van der Waals surface area contributed by atoms with Gasteiger partial charge in [-0.2, -0.15) is 0 Å². The van der Waals surface area contributed by atoms with Crippen LogP contribution in [0.15, 0.2) is 24.3 Å². The van der Waals surface area contributed by atoms with E-state index in [0.717, 1.165) is 5.56 Å². The number of amides is 1. The van der Waals surface area contributed by atoms with Crippen molar-refractivity contribution in [2.45, 2.75) is 38.6 Å². The normalized spacial score (nSPS) is 12.8. The summed E-state index contributed by atoms with van der Waals surface area (Å²) < 4.78 is 0. The molecule has 0 aliphatic carbocycles. The van der Waals surface area contributed by atoms with E-state index in [1.807, 2.05) is 6.07 Å². The van der Waals surface area contributed by atoms with Crippen molar-refractivity contribution in [3.05, 3.63) is 34.9 Å². The number of nitrogens with one attached hydrogen (secondary N) is 1. The summed E-state index contributed by atoms with van der Waals surface area (Å²) in [6, 6.07) is 6.68. The number of aliphatic carboxylic acids is 1. The molecule has 4 nitrogen and oxygen atoms in total. The van der Waals surface area contributed by atoms with Crippen LogP contribution in [0.3, 0.4) is 0 Å². The van der Waals surface area contributed by atoms with Crippen molar-refractivity contribution in [1.82, 2.24) is 5.32 Å². The van der Waals surface area contributed by atoms with Gasteiger partial charge in [-0.25, -0.2) is 0 Å². The highest BCUT2D eigenvalue weighted by molar-refractivity contribution is 6.30. The zero-order chi connectivity index (χ0) is 14.6. The summed E-state index contributed by atoms with van der Waals surface area (Å²) in [5.41, 5.74) is 0.0255. The van der Waals surface area contributed by atoms with E-state index < -0.39 is 17.4 Å². The summed E-state index contributed by atoms with van der Waals surface area (Å²) >= 11 is 5.92. The van der Waals surface area contributed by atoms with Crippen LogP contribution in [-0.4, -0.2) is 23.0 Å². The number of halogens is 1. The summed E-state index contributed by atoms with van der Waals surface area (Å²) in [6.45, 7) is 5.23. The first-order valence-electron chi connectivity index (χ1n) is 6.02. The minimum Gasteiger partial charge on any atom is -0.481 e. The fourth-order valence-electron chi connectivity index (χ4n) is 1.73. The van der Waals surface area contributed by atoms with Crippen LogP contribution in [0, 0.1) is 0 Å². The molecule has 0 aromatic heterocycles. The summed E-state index contributed by atoms with van der Waals surface area (Å²) in [5.74, 6) is -1.16. The van der Waals surface area contributed by atoms with Crippen molar-refractivity contribution < 1.29 is 14.7 Å². The number of benzene rings is 1. The van der Waals surface area contributed by atoms with Gasteiger partial charge in [0, 0.05) is 11.1 Å². The Morgan fingerprint density at radius 1 is 1.42 bits per heavy atom. The molecule has 0 fully saturated rings. The van der Waals surface area contributed by atoms with Gasteiger partial charge in [-0.05, 0) is 38.5 Å². The van der Waals surface area contributed by atoms with Crippen LogP contribution in [0.1, 0.15) is 32.8 Å². The van der Waals surface area contributed by atoms with E-state index in [1.165, 1.54) is 0 Å². The van der Waals surface area contributed by atoms with E-state index in [2.05, 4.69) is 5.32 Å². The fourth-order valence-corrected chi connectivity index (χ4v) is 1.92. The van der Waals surface area contributed by atoms with Gasteiger partial charge >= 0.3 is 5.97 Å². The van der Waals surface area contributed by atoms with Gasteiger partial charge < -0.3 is 10.4 Å². The number of carboxylic acids is 1. The highest BCUT2D eigenvalue weighted by Gasteiger charge is 2.30.